The van der Waals surface area contributed by atoms with Crippen LogP contribution in [0, 0.1) is 0 Å². The lowest BCUT2D eigenvalue weighted by molar-refractivity contribution is -0.122. The van der Waals surface area contributed by atoms with Crippen molar-refractivity contribution in [3.8, 4) is 0 Å². The number of nitrogens with two attached hydrogens (primary N) is 1. The van der Waals surface area contributed by atoms with Crippen molar-refractivity contribution in [2.45, 2.75) is 0 Å². The van der Waals surface area contributed by atoms with E-state index in [0.717, 1.165) is 4.47 Å². The number of rotatable bonds is 6. The summed E-state index contributed by atoms with van der Waals surface area (Å²) < 4.78 is 5.78. The van der Waals surface area contributed by atoms with Crippen molar-refractivity contribution in [1.82, 2.24) is 4.98 Å². The van der Waals surface area contributed by atoms with Crippen molar-refractivity contribution < 1.29 is 9.53 Å². The average Bonchev–Trinajstić information content (AvgIpc) is 2.20. The molecule has 0 radical (unpaired) electrons. The Balaban J connectivity index is 2.29. The second kappa shape index (κ2) is 6.67. The molecule has 5 nitrogen and oxygen atoms in total. The fourth-order valence-electron chi connectivity index (χ4n) is 0.959. The number of ether oxygens (including phenoxy) is 1. The minimum Gasteiger partial charge on any atom is -0.370 e. The monoisotopic (exact) mass is 307 g/mol. The van der Waals surface area contributed by atoms with Gasteiger partial charge in [-0.05, 0) is 22.0 Å². The predicted molar refractivity (Wildman–Crippen MR) is 65.5 cm³/mol. The maximum atomic E-state index is 10.4. The van der Waals surface area contributed by atoms with Gasteiger partial charge < -0.3 is 15.8 Å². The van der Waals surface area contributed by atoms with Crippen LogP contribution in [0.4, 0.5) is 5.82 Å². The lowest BCUT2D eigenvalue weighted by Crippen LogP contribution is -2.20. The maximum Gasteiger partial charge on any atom is 0.243 e. The second-order valence-electron chi connectivity index (χ2n) is 2.93. The van der Waals surface area contributed by atoms with Crippen LogP contribution in [0.2, 0.25) is 5.02 Å². The molecule has 0 aliphatic rings. The number of carbonyl (C=O) groups excluding carboxylic acids is 1. The summed E-state index contributed by atoms with van der Waals surface area (Å²) in [4.78, 5) is 14.4. The normalized spacial score (nSPS) is 10.1. The molecule has 0 unspecified atom stereocenters. The number of aromatic nitrogens is 1. The molecule has 1 rings (SSSR count). The smallest absolute Gasteiger partial charge is 0.243 e. The molecule has 0 aliphatic carbocycles. The Bertz CT molecular complexity index is 376. The van der Waals surface area contributed by atoms with Crippen LogP contribution in [0.15, 0.2) is 16.7 Å². The summed E-state index contributed by atoms with van der Waals surface area (Å²) in [7, 11) is 0. The minimum atomic E-state index is -0.486. The summed E-state index contributed by atoms with van der Waals surface area (Å²) in [6.45, 7) is 0.780. The molecule has 0 saturated heterocycles. The summed E-state index contributed by atoms with van der Waals surface area (Å²) in [5.41, 5.74) is 4.90. The summed E-state index contributed by atoms with van der Waals surface area (Å²) in [6.07, 6.45) is 1.64. The SMILES string of the molecule is NC(=O)COCCNc1ncc(Br)cc1Cl. The number of hydrogen-bond acceptors (Lipinski definition) is 4. The zero-order chi connectivity index (χ0) is 12.0. The third-order valence-electron chi connectivity index (χ3n) is 1.59. The van der Waals surface area contributed by atoms with E-state index in [-0.39, 0.29) is 6.61 Å². The Labute approximate surface area is 106 Å². The number of hydrogen-bond donors (Lipinski definition) is 2. The first-order valence-corrected chi connectivity index (χ1v) is 5.67. The van der Waals surface area contributed by atoms with Gasteiger partial charge in [0.25, 0.3) is 0 Å². The Morgan fingerprint density at radius 3 is 3.06 bits per heavy atom. The van der Waals surface area contributed by atoms with Crippen molar-refractivity contribution in [3.05, 3.63) is 21.8 Å². The molecule has 0 bridgehead atoms. The Morgan fingerprint density at radius 1 is 1.69 bits per heavy atom. The molecule has 3 N–H and O–H groups in total. The van der Waals surface area contributed by atoms with E-state index in [0.29, 0.717) is 24.0 Å². The minimum absolute atomic E-state index is 0.0802. The van der Waals surface area contributed by atoms with E-state index in [1.807, 2.05) is 0 Å². The lowest BCUT2D eigenvalue weighted by atomic mass is 10.4. The van der Waals surface area contributed by atoms with Crippen LogP contribution in [0.5, 0.6) is 0 Å². The topological polar surface area (TPSA) is 77.2 Å². The van der Waals surface area contributed by atoms with Crippen LogP contribution in [0.3, 0.4) is 0 Å². The molecule has 1 aromatic rings. The largest absolute Gasteiger partial charge is 0.370 e. The highest BCUT2D eigenvalue weighted by molar-refractivity contribution is 9.10. The van der Waals surface area contributed by atoms with Crippen LogP contribution >= 0.6 is 27.5 Å². The zero-order valence-electron chi connectivity index (χ0n) is 8.37. The van der Waals surface area contributed by atoms with Gasteiger partial charge in [0.15, 0.2) is 0 Å². The van der Waals surface area contributed by atoms with Gasteiger partial charge in [-0.2, -0.15) is 0 Å². The number of anilines is 1. The number of nitrogens with zero attached hydrogens (tertiary/aromatic N) is 1. The first-order valence-electron chi connectivity index (χ1n) is 4.50. The molecule has 0 atom stereocenters. The van der Waals surface area contributed by atoms with Crippen molar-refractivity contribution >= 4 is 39.3 Å². The van der Waals surface area contributed by atoms with Gasteiger partial charge in [-0.1, -0.05) is 11.6 Å². The number of halogens is 2. The third kappa shape index (κ3) is 4.78. The van der Waals surface area contributed by atoms with Gasteiger partial charge in [-0.25, -0.2) is 4.98 Å². The second-order valence-corrected chi connectivity index (χ2v) is 4.25. The average molecular weight is 309 g/mol. The molecule has 0 saturated carbocycles. The van der Waals surface area contributed by atoms with Gasteiger partial charge in [-0.3, -0.25) is 4.79 Å². The molecular weight excluding hydrogens is 297 g/mol. The standard InChI is InChI=1S/C9H11BrClN3O2/c10-6-3-7(11)9(14-4-6)13-1-2-16-5-8(12)15/h3-4H,1-2,5H2,(H2,12,15)(H,13,14). The van der Waals surface area contributed by atoms with Crippen LogP contribution in [0.25, 0.3) is 0 Å². The Hall–Kier alpha value is -0.850. The van der Waals surface area contributed by atoms with Crippen molar-refractivity contribution in [2.75, 3.05) is 25.1 Å². The van der Waals surface area contributed by atoms with Gasteiger partial charge in [0, 0.05) is 17.2 Å². The van der Waals surface area contributed by atoms with Gasteiger partial charge in [0.1, 0.15) is 12.4 Å². The molecular formula is C9H11BrClN3O2. The highest BCUT2D eigenvalue weighted by Gasteiger charge is 2.01. The van der Waals surface area contributed by atoms with E-state index < -0.39 is 5.91 Å². The summed E-state index contributed by atoms with van der Waals surface area (Å²) in [5.74, 6) is 0.0901. The van der Waals surface area contributed by atoms with E-state index in [2.05, 4.69) is 26.2 Å². The molecule has 0 aromatic carbocycles. The highest BCUT2D eigenvalue weighted by atomic mass is 79.9. The van der Waals surface area contributed by atoms with Crippen LogP contribution < -0.4 is 11.1 Å². The molecule has 0 fully saturated rings. The zero-order valence-corrected chi connectivity index (χ0v) is 10.7. The molecule has 1 aromatic heterocycles. The van der Waals surface area contributed by atoms with Crippen molar-refractivity contribution in [2.24, 2.45) is 5.73 Å². The Kier molecular flexibility index (Phi) is 5.51. The molecule has 0 spiro atoms. The lowest BCUT2D eigenvalue weighted by Gasteiger charge is -2.07. The van der Waals surface area contributed by atoms with Gasteiger partial charge in [0.2, 0.25) is 5.91 Å². The quantitative estimate of drug-likeness (QED) is 0.779. The predicted octanol–water partition coefficient (Wildman–Crippen LogP) is 1.41. The summed E-state index contributed by atoms with van der Waals surface area (Å²) >= 11 is 9.18. The van der Waals surface area contributed by atoms with Gasteiger partial charge in [-0.15, -0.1) is 0 Å². The fourth-order valence-corrected chi connectivity index (χ4v) is 1.66. The first-order chi connectivity index (χ1) is 7.59. The van der Waals surface area contributed by atoms with E-state index in [1.165, 1.54) is 0 Å². The van der Waals surface area contributed by atoms with Crippen LogP contribution in [0.1, 0.15) is 0 Å². The van der Waals surface area contributed by atoms with Crippen molar-refractivity contribution in [3.63, 3.8) is 0 Å². The number of amides is 1. The Morgan fingerprint density at radius 2 is 2.44 bits per heavy atom. The molecule has 16 heavy (non-hydrogen) atoms. The van der Waals surface area contributed by atoms with Gasteiger partial charge in [0.05, 0.1) is 11.6 Å². The summed E-state index contributed by atoms with van der Waals surface area (Å²) in [6, 6.07) is 1.74. The van der Waals surface area contributed by atoms with Crippen molar-refractivity contribution in [1.29, 1.82) is 0 Å². The van der Waals surface area contributed by atoms with Crippen LogP contribution in [-0.2, 0) is 9.53 Å². The van der Waals surface area contributed by atoms with Crippen LogP contribution in [-0.4, -0.2) is 30.6 Å². The van der Waals surface area contributed by atoms with E-state index in [1.54, 1.807) is 12.3 Å². The molecule has 1 amide bonds. The molecule has 7 heteroatoms. The third-order valence-corrected chi connectivity index (χ3v) is 2.31. The van der Waals surface area contributed by atoms with E-state index >= 15 is 0 Å². The molecule has 88 valence electrons. The number of nitrogens with one attached hydrogen (secondary N) is 1. The highest BCUT2D eigenvalue weighted by Crippen LogP contribution is 2.22. The number of carbonyl (C=O) groups is 1. The molecule has 1 heterocycles. The van der Waals surface area contributed by atoms with Gasteiger partial charge >= 0.3 is 0 Å². The van der Waals surface area contributed by atoms with E-state index in [9.17, 15) is 4.79 Å². The number of pyridine rings is 1. The number of primary amides is 1. The molecule has 0 aliphatic heterocycles. The fraction of sp³-hybridized carbons (Fsp3) is 0.333. The maximum absolute atomic E-state index is 10.4. The summed E-state index contributed by atoms with van der Waals surface area (Å²) in [5, 5.41) is 3.49. The van der Waals surface area contributed by atoms with E-state index in [4.69, 9.17) is 22.1 Å². The first kappa shape index (κ1) is 13.2.